The van der Waals surface area contributed by atoms with E-state index in [1.54, 1.807) is 23.7 Å². The number of hydrogen-bond acceptors (Lipinski definition) is 6. The Morgan fingerprint density at radius 1 is 1.29 bits per heavy atom. The predicted octanol–water partition coefficient (Wildman–Crippen LogP) is 1.92. The number of imidazole rings is 1. The Bertz CT molecular complexity index is 837. The van der Waals surface area contributed by atoms with Gasteiger partial charge in [0.15, 0.2) is 11.5 Å². The second kappa shape index (κ2) is 8.38. The molecule has 1 aromatic carbocycles. The number of benzene rings is 1. The van der Waals surface area contributed by atoms with Crippen LogP contribution in [-0.2, 0) is 6.54 Å². The van der Waals surface area contributed by atoms with Crippen LogP contribution in [0.15, 0.2) is 24.3 Å². The van der Waals surface area contributed by atoms with E-state index in [-0.39, 0.29) is 25.2 Å². The molecule has 0 spiro atoms. The molecule has 0 bridgehead atoms. The minimum Gasteiger partial charge on any atom is -0.462 e. The van der Waals surface area contributed by atoms with Crippen molar-refractivity contribution in [3.63, 3.8) is 0 Å². The molecule has 1 amide bonds. The highest BCUT2D eigenvalue weighted by Gasteiger charge is 2.40. The highest BCUT2D eigenvalue weighted by molar-refractivity contribution is 6.30. The van der Waals surface area contributed by atoms with Gasteiger partial charge in [-0.2, -0.15) is 4.98 Å². The first-order valence-electron chi connectivity index (χ1n) is 9.17. The molecule has 152 valence electrons. The van der Waals surface area contributed by atoms with Crippen molar-refractivity contribution in [2.45, 2.75) is 39.3 Å². The molecule has 0 aliphatic carbocycles. The van der Waals surface area contributed by atoms with E-state index in [1.807, 2.05) is 26.0 Å². The number of aliphatic hydroxyl groups excluding tert-OH is 2. The van der Waals surface area contributed by atoms with E-state index in [9.17, 15) is 9.90 Å². The Morgan fingerprint density at radius 2 is 1.96 bits per heavy atom. The van der Waals surface area contributed by atoms with Gasteiger partial charge >= 0.3 is 0 Å². The van der Waals surface area contributed by atoms with E-state index in [2.05, 4.69) is 4.98 Å². The molecule has 8 nitrogen and oxygen atoms in total. The van der Waals surface area contributed by atoms with Crippen molar-refractivity contribution < 1.29 is 19.7 Å². The first-order chi connectivity index (χ1) is 13.3. The van der Waals surface area contributed by atoms with Gasteiger partial charge in [-0.1, -0.05) is 23.7 Å². The van der Waals surface area contributed by atoms with Gasteiger partial charge in [0.2, 0.25) is 6.35 Å². The Labute approximate surface area is 168 Å². The van der Waals surface area contributed by atoms with Crippen molar-refractivity contribution in [3.05, 3.63) is 40.5 Å². The van der Waals surface area contributed by atoms with Crippen molar-refractivity contribution in [2.75, 3.05) is 25.1 Å². The normalized spacial score (nSPS) is 16.7. The maximum atomic E-state index is 13.2. The summed E-state index contributed by atoms with van der Waals surface area (Å²) in [6.45, 7) is 4.29. The van der Waals surface area contributed by atoms with Crippen LogP contribution >= 0.6 is 11.6 Å². The van der Waals surface area contributed by atoms with Gasteiger partial charge in [-0.05, 0) is 38.0 Å². The number of aliphatic hydroxyl groups is 2. The van der Waals surface area contributed by atoms with Crippen LogP contribution in [0.2, 0.25) is 5.02 Å². The number of nitrogens with zero attached hydrogens (tertiary/aromatic N) is 4. The summed E-state index contributed by atoms with van der Waals surface area (Å²) in [5.41, 5.74) is 1.28. The van der Waals surface area contributed by atoms with E-state index in [0.717, 1.165) is 5.56 Å². The predicted molar refractivity (Wildman–Crippen MR) is 106 cm³/mol. The van der Waals surface area contributed by atoms with Gasteiger partial charge in [0.05, 0.1) is 12.6 Å². The van der Waals surface area contributed by atoms with Crippen LogP contribution in [-0.4, -0.2) is 63.2 Å². The summed E-state index contributed by atoms with van der Waals surface area (Å²) in [4.78, 5) is 20.5. The van der Waals surface area contributed by atoms with Crippen LogP contribution in [0.5, 0.6) is 6.01 Å². The molecule has 9 heteroatoms. The Balaban J connectivity index is 2.06. The van der Waals surface area contributed by atoms with Gasteiger partial charge in [-0.3, -0.25) is 14.3 Å². The fraction of sp³-hybridized carbons (Fsp3) is 0.474. The van der Waals surface area contributed by atoms with Crippen molar-refractivity contribution in [2.24, 2.45) is 0 Å². The molecule has 1 aliphatic heterocycles. The lowest BCUT2D eigenvalue weighted by Gasteiger charge is -2.38. The van der Waals surface area contributed by atoms with Crippen molar-refractivity contribution in [3.8, 4) is 6.01 Å². The first kappa shape index (κ1) is 20.4. The van der Waals surface area contributed by atoms with Gasteiger partial charge in [0, 0.05) is 25.2 Å². The molecule has 2 heterocycles. The largest absolute Gasteiger partial charge is 0.462 e. The van der Waals surface area contributed by atoms with E-state index in [1.165, 1.54) is 9.80 Å². The van der Waals surface area contributed by atoms with Gasteiger partial charge in [0.25, 0.3) is 11.9 Å². The highest BCUT2D eigenvalue weighted by atomic mass is 35.5. The second-order valence-electron chi connectivity index (χ2n) is 6.98. The van der Waals surface area contributed by atoms with Crippen LogP contribution in [0.25, 0.3) is 0 Å². The van der Waals surface area contributed by atoms with Gasteiger partial charge < -0.3 is 19.8 Å². The number of hydrogen-bond donors (Lipinski definition) is 2. The molecule has 0 fully saturated rings. The fourth-order valence-corrected chi connectivity index (χ4v) is 3.24. The summed E-state index contributed by atoms with van der Waals surface area (Å²) < 4.78 is 7.57. The number of halogens is 1. The number of carbonyl (C=O) groups excluding carboxylic acids is 1. The number of anilines is 1. The molecule has 28 heavy (non-hydrogen) atoms. The molecule has 1 aliphatic rings. The minimum absolute atomic E-state index is 0.0706. The number of amides is 1. The fourth-order valence-electron chi connectivity index (χ4n) is 3.11. The summed E-state index contributed by atoms with van der Waals surface area (Å²) in [6, 6.07) is 7.64. The summed E-state index contributed by atoms with van der Waals surface area (Å²) in [6.07, 6.45) is -0.923. The number of fused-ring (bicyclic) bond motifs is 1. The lowest BCUT2D eigenvalue weighted by atomic mass is 10.2. The molecular formula is C19H25ClN4O4. The zero-order valence-electron chi connectivity index (χ0n) is 16.2. The summed E-state index contributed by atoms with van der Waals surface area (Å²) in [5.74, 6) is 0.0106. The Morgan fingerprint density at radius 3 is 2.57 bits per heavy atom. The van der Waals surface area contributed by atoms with Crippen molar-refractivity contribution >= 4 is 23.3 Å². The maximum Gasteiger partial charge on any atom is 0.299 e. The molecular weight excluding hydrogens is 384 g/mol. The van der Waals surface area contributed by atoms with E-state index in [4.69, 9.17) is 21.4 Å². The molecule has 1 unspecified atom stereocenters. The Hall–Kier alpha value is -2.29. The average molecular weight is 409 g/mol. The van der Waals surface area contributed by atoms with Crippen LogP contribution in [0.3, 0.4) is 0 Å². The van der Waals surface area contributed by atoms with Crippen LogP contribution in [0, 0.1) is 0 Å². The molecule has 0 saturated carbocycles. The summed E-state index contributed by atoms with van der Waals surface area (Å²) in [7, 11) is 1.67. The van der Waals surface area contributed by atoms with Gasteiger partial charge in [-0.15, -0.1) is 0 Å². The highest BCUT2D eigenvalue weighted by Crippen LogP contribution is 2.33. The molecule has 0 saturated heterocycles. The van der Waals surface area contributed by atoms with Crippen LogP contribution in [0.4, 0.5) is 5.82 Å². The molecule has 1 aromatic heterocycles. The topological polar surface area (TPSA) is 91.1 Å². The van der Waals surface area contributed by atoms with E-state index >= 15 is 0 Å². The number of aromatic nitrogens is 2. The van der Waals surface area contributed by atoms with Crippen LogP contribution in [0.1, 0.15) is 36.3 Å². The van der Waals surface area contributed by atoms with Crippen LogP contribution < -0.4 is 9.64 Å². The monoisotopic (exact) mass is 408 g/mol. The molecule has 0 radical (unpaired) electrons. The third kappa shape index (κ3) is 3.94. The van der Waals surface area contributed by atoms with Gasteiger partial charge in [-0.25, -0.2) is 0 Å². The SMILES string of the molecule is CC(C)Oc1nc2c(n1Cc1ccc(Cl)cc1)C(=O)N(CCCO)C(O)N2C. The van der Waals surface area contributed by atoms with Crippen molar-refractivity contribution in [1.29, 1.82) is 0 Å². The standard InChI is InChI=1S/C19H25ClN4O4/c1-12(2)28-18-21-16-15(24(18)11-13-5-7-14(20)8-6-13)17(26)23(9-4-10-25)19(27)22(16)3/h5-8,12,19,25,27H,4,9-11H2,1-3H3. The smallest absolute Gasteiger partial charge is 0.299 e. The average Bonchev–Trinajstić information content (AvgIpc) is 2.99. The molecule has 2 N–H and O–H groups in total. The van der Waals surface area contributed by atoms with Crippen molar-refractivity contribution in [1.82, 2.24) is 14.5 Å². The summed E-state index contributed by atoms with van der Waals surface area (Å²) in [5, 5.41) is 20.3. The number of ether oxygens (including phenoxy) is 1. The first-order valence-corrected chi connectivity index (χ1v) is 9.55. The molecule has 2 aromatic rings. The number of rotatable bonds is 7. The maximum absolute atomic E-state index is 13.2. The third-order valence-electron chi connectivity index (χ3n) is 4.49. The quantitative estimate of drug-likeness (QED) is 0.727. The van der Waals surface area contributed by atoms with Gasteiger partial charge in [0.1, 0.15) is 0 Å². The lowest BCUT2D eigenvalue weighted by molar-refractivity contribution is 0.00111. The second-order valence-corrected chi connectivity index (χ2v) is 7.42. The number of carbonyl (C=O) groups is 1. The zero-order chi connectivity index (χ0) is 20.4. The molecule has 1 atom stereocenters. The summed E-state index contributed by atoms with van der Waals surface area (Å²) >= 11 is 5.98. The zero-order valence-corrected chi connectivity index (χ0v) is 16.9. The third-order valence-corrected chi connectivity index (χ3v) is 4.74. The van der Waals surface area contributed by atoms with E-state index in [0.29, 0.717) is 35.5 Å². The Kier molecular flexibility index (Phi) is 6.12. The van der Waals surface area contributed by atoms with E-state index < -0.39 is 6.35 Å². The minimum atomic E-state index is -1.16. The lowest BCUT2D eigenvalue weighted by Crippen LogP contribution is -2.54. The molecule has 3 rings (SSSR count).